The molecule has 0 amide bonds. The van der Waals surface area contributed by atoms with Crippen molar-refractivity contribution in [2.24, 2.45) is 0 Å². The van der Waals surface area contributed by atoms with E-state index < -0.39 is 5.97 Å². The second-order valence-corrected chi connectivity index (χ2v) is 8.06. The number of halogens is 2. The molecule has 9 heteroatoms. The quantitative estimate of drug-likeness (QED) is 0.359. The summed E-state index contributed by atoms with van der Waals surface area (Å²) in [6.45, 7) is 1.35. The first-order valence-corrected chi connectivity index (χ1v) is 10.6. The number of benzene rings is 2. The highest BCUT2D eigenvalue weighted by atomic mass is 35.5. The molecule has 0 atom stereocenters. The number of carbonyl (C=O) groups excluding carboxylic acids is 1. The number of esters is 1. The number of ether oxygens (including phenoxy) is 3. The Balaban J connectivity index is 1.81. The lowest BCUT2D eigenvalue weighted by Gasteiger charge is -2.18. The van der Waals surface area contributed by atoms with Crippen molar-refractivity contribution in [3.63, 3.8) is 0 Å². The second kappa shape index (κ2) is 9.16. The van der Waals surface area contributed by atoms with Gasteiger partial charge in [0, 0.05) is 25.1 Å². The highest BCUT2D eigenvalue weighted by molar-refractivity contribution is 6.37. The molecule has 0 radical (unpaired) electrons. The van der Waals surface area contributed by atoms with E-state index >= 15 is 0 Å². The van der Waals surface area contributed by atoms with E-state index in [0.29, 0.717) is 49.7 Å². The summed E-state index contributed by atoms with van der Waals surface area (Å²) in [5, 5.41) is 4.71. The van der Waals surface area contributed by atoms with E-state index in [-0.39, 0.29) is 6.10 Å². The van der Waals surface area contributed by atoms with Crippen LogP contribution in [0.25, 0.3) is 10.9 Å². The zero-order chi connectivity index (χ0) is 22.0. The topological polar surface area (TPSA) is 82.6 Å². The molecule has 1 heterocycles. The van der Waals surface area contributed by atoms with Gasteiger partial charge >= 0.3 is 5.97 Å². The fourth-order valence-electron chi connectivity index (χ4n) is 3.64. The summed E-state index contributed by atoms with van der Waals surface area (Å²) in [4.78, 5) is 20.3. The molecule has 0 saturated heterocycles. The van der Waals surface area contributed by atoms with E-state index in [4.69, 9.17) is 37.4 Å². The van der Waals surface area contributed by atoms with Gasteiger partial charge in [0.2, 0.25) is 0 Å². The van der Waals surface area contributed by atoms with Gasteiger partial charge < -0.3 is 19.5 Å². The van der Waals surface area contributed by atoms with Crippen LogP contribution >= 0.6 is 23.2 Å². The Morgan fingerprint density at radius 1 is 1.06 bits per heavy atom. The highest BCUT2D eigenvalue weighted by Crippen LogP contribution is 2.40. The lowest BCUT2D eigenvalue weighted by molar-refractivity contribution is -0.131. The molecule has 3 aromatic rings. The van der Waals surface area contributed by atoms with Gasteiger partial charge in [0.25, 0.3) is 0 Å². The third-order valence-electron chi connectivity index (χ3n) is 5.03. The average molecular weight is 462 g/mol. The molecule has 1 N–H and O–H groups in total. The van der Waals surface area contributed by atoms with Crippen molar-refractivity contribution in [1.82, 2.24) is 9.97 Å². The summed E-state index contributed by atoms with van der Waals surface area (Å²) >= 11 is 12.5. The van der Waals surface area contributed by atoms with Gasteiger partial charge in [0.05, 0.1) is 39.8 Å². The first kappa shape index (κ1) is 21.5. The van der Waals surface area contributed by atoms with Crippen LogP contribution in [0.15, 0.2) is 30.6 Å². The van der Waals surface area contributed by atoms with Crippen molar-refractivity contribution in [1.29, 1.82) is 0 Å². The van der Waals surface area contributed by atoms with Gasteiger partial charge in [-0.05, 0) is 31.7 Å². The molecule has 7 nitrogen and oxygen atoms in total. The van der Waals surface area contributed by atoms with E-state index in [2.05, 4.69) is 15.3 Å². The van der Waals surface area contributed by atoms with Crippen LogP contribution in [0.4, 0.5) is 11.5 Å². The van der Waals surface area contributed by atoms with E-state index in [9.17, 15) is 4.79 Å². The molecule has 0 spiro atoms. The van der Waals surface area contributed by atoms with Gasteiger partial charge in [-0.25, -0.2) is 9.97 Å². The van der Waals surface area contributed by atoms with Crippen LogP contribution in [-0.4, -0.2) is 29.2 Å². The largest absolute Gasteiger partial charge is 0.495 e. The molecule has 4 rings (SSSR count). The minimum Gasteiger partial charge on any atom is -0.495 e. The Kier molecular flexibility index (Phi) is 6.34. The van der Waals surface area contributed by atoms with Crippen molar-refractivity contribution in [2.75, 3.05) is 12.4 Å². The predicted molar refractivity (Wildman–Crippen MR) is 120 cm³/mol. The summed E-state index contributed by atoms with van der Waals surface area (Å²) < 4.78 is 16.9. The SMILES string of the molecule is COc1cc(Nc2ncnc3cc(OC(C)=O)cc(OC4CCCC4)c23)c(Cl)cc1Cl. The maximum absolute atomic E-state index is 11.5. The van der Waals surface area contributed by atoms with Crippen LogP contribution in [0, 0.1) is 0 Å². The van der Waals surface area contributed by atoms with Crippen LogP contribution in [0.5, 0.6) is 17.2 Å². The van der Waals surface area contributed by atoms with Crippen molar-refractivity contribution in [2.45, 2.75) is 38.7 Å². The zero-order valence-electron chi connectivity index (χ0n) is 17.1. The van der Waals surface area contributed by atoms with Gasteiger partial charge in [-0.15, -0.1) is 0 Å². The molecule has 31 heavy (non-hydrogen) atoms. The summed E-state index contributed by atoms with van der Waals surface area (Å²) in [5.41, 5.74) is 1.14. The molecular weight excluding hydrogens is 441 g/mol. The molecule has 0 bridgehead atoms. The van der Waals surface area contributed by atoms with Crippen LogP contribution < -0.4 is 19.5 Å². The standard InChI is InChI=1S/C22H21Cl2N3O4/c1-12(28)30-14-7-18-21(20(8-14)31-13-5-3-4-6-13)22(26-11-25-18)27-17-10-19(29-2)16(24)9-15(17)23/h7-11,13H,3-6H2,1-2H3,(H,25,26,27). The van der Waals surface area contributed by atoms with Crippen molar-refractivity contribution < 1.29 is 19.0 Å². The van der Waals surface area contributed by atoms with E-state index in [1.807, 2.05) is 0 Å². The Morgan fingerprint density at radius 3 is 2.55 bits per heavy atom. The molecule has 1 saturated carbocycles. The summed E-state index contributed by atoms with van der Waals surface area (Å²) in [7, 11) is 1.53. The second-order valence-electron chi connectivity index (χ2n) is 7.25. The number of nitrogens with zero attached hydrogens (tertiary/aromatic N) is 2. The lowest BCUT2D eigenvalue weighted by Crippen LogP contribution is -2.12. The van der Waals surface area contributed by atoms with E-state index in [1.54, 1.807) is 24.3 Å². The number of anilines is 2. The normalized spacial score (nSPS) is 13.9. The summed E-state index contributed by atoms with van der Waals surface area (Å²) in [6, 6.07) is 6.67. The van der Waals surface area contributed by atoms with Crippen molar-refractivity contribution in [3.8, 4) is 17.2 Å². The van der Waals surface area contributed by atoms with Gasteiger partial charge in [-0.2, -0.15) is 0 Å². The molecule has 1 fully saturated rings. The van der Waals surface area contributed by atoms with Crippen LogP contribution in [0.1, 0.15) is 32.6 Å². The van der Waals surface area contributed by atoms with Gasteiger partial charge in [0.1, 0.15) is 29.4 Å². The molecule has 162 valence electrons. The number of aromatic nitrogens is 2. The first-order chi connectivity index (χ1) is 14.9. The Bertz CT molecular complexity index is 1130. The minimum atomic E-state index is -0.418. The van der Waals surface area contributed by atoms with Gasteiger partial charge in [-0.1, -0.05) is 23.2 Å². The number of nitrogens with one attached hydrogen (secondary N) is 1. The molecule has 2 aromatic carbocycles. The number of hydrogen-bond acceptors (Lipinski definition) is 7. The van der Waals surface area contributed by atoms with Gasteiger partial charge in [-0.3, -0.25) is 4.79 Å². The third-order valence-corrected chi connectivity index (χ3v) is 5.64. The highest BCUT2D eigenvalue weighted by Gasteiger charge is 2.21. The fraction of sp³-hybridized carbons (Fsp3) is 0.318. The molecule has 1 aliphatic carbocycles. The lowest BCUT2D eigenvalue weighted by atomic mass is 10.2. The number of carbonyl (C=O) groups is 1. The van der Waals surface area contributed by atoms with Crippen molar-refractivity contribution >= 4 is 51.6 Å². The maximum atomic E-state index is 11.5. The fourth-order valence-corrected chi connectivity index (χ4v) is 4.14. The Labute approximate surface area is 189 Å². The monoisotopic (exact) mass is 461 g/mol. The average Bonchev–Trinajstić information content (AvgIpc) is 3.22. The molecule has 1 aliphatic rings. The van der Waals surface area contributed by atoms with Crippen LogP contribution in [-0.2, 0) is 4.79 Å². The molecule has 1 aromatic heterocycles. The minimum absolute atomic E-state index is 0.0862. The Morgan fingerprint density at radius 2 is 1.84 bits per heavy atom. The van der Waals surface area contributed by atoms with Crippen molar-refractivity contribution in [3.05, 3.63) is 40.6 Å². The predicted octanol–water partition coefficient (Wildman–Crippen LogP) is 5.94. The van der Waals surface area contributed by atoms with Gasteiger partial charge in [0.15, 0.2) is 0 Å². The first-order valence-electron chi connectivity index (χ1n) is 9.88. The number of rotatable bonds is 6. The number of hydrogen-bond donors (Lipinski definition) is 1. The number of methoxy groups -OCH3 is 1. The molecule has 0 unspecified atom stereocenters. The smallest absolute Gasteiger partial charge is 0.308 e. The third kappa shape index (κ3) is 4.78. The number of fused-ring (bicyclic) bond motifs is 1. The molecule has 0 aliphatic heterocycles. The molecular formula is C22H21Cl2N3O4. The van der Waals surface area contributed by atoms with E-state index in [1.165, 1.54) is 20.4 Å². The maximum Gasteiger partial charge on any atom is 0.308 e. The van der Waals surface area contributed by atoms with E-state index in [0.717, 1.165) is 25.7 Å². The van der Waals surface area contributed by atoms with Crippen LogP contribution in [0.2, 0.25) is 10.0 Å². The van der Waals surface area contributed by atoms with Crippen LogP contribution in [0.3, 0.4) is 0 Å². The zero-order valence-corrected chi connectivity index (χ0v) is 18.6. The Hall–Kier alpha value is -2.77. The summed E-state index contributed by atoms with van der Waals surface area (Å²) in [5.74, 6) is 1.47. The summed E-state index contributed by atoms with van der Waals surface area (Å²) in [6.07, 6.45) is 5.68.